The molecule has 0 heterocycles. The quantitative estimate of drug-likeness (QED) is 0.381. The summed E-state index contributed by atoms with van der Waals surface area (Å²) in [7, 11) is 0.889. The molecule has 13 heavy (non-hydrogen) atoms. The lowest BCUT2D eigenvalue weighted by molar-refractivity contribution is -0.445. The highest BCUT2D eigenvalue weighted by Crippen LogP contribution is 1.91. The summed E-state index contributed by atoms with van der Waals surface area (Å²) in [5, 5.41) is 8.81. The summed E-state index contributed by atoms with van der Waals surface area (Å²) in [6.45, 7) is 9.15. The van der Waals surface area contributed by atoms with Gasteiger partial charge in [0.25, 0.3) is 0 Å². The number of allylic oxidation sites excluding steroid dienone is 6. The first-order chi connectivity index (χ1) is 6.04. The topological polar surface area (TPSA) is 43.1 Å². The highest BCUT2D eigenvalue weighted by molar-refractivity contribution is 5.21. The standard InChI is InChI=1S/C9H12.CH3NO2/c1-4-6-7-8-9(3)5-2;1-2(3)4/h4-8H,1-2H2,3H3;1H3/b7-6-,9-8-;. The fourth-order valence-electron chi connectivity index (χ4n) is 0.354. The Balaban J connectivity index is 0. The summed E-state index contributed by atoms with van der Waals surface area (Å²) in [6, 6.07) is 0. The first-order valence-electron chi connectivity index (χ1n) is 3.71. The predicted molar refractivity (Wildman–Crippen MR) is 56.2 cm³/mol. The van der Waals surface area contributed by atoms with Gasteiger partial charge in [0.05, 0.1) is 0 Å². The molecule has 0 aromatic rings. The van der Waals surface area contributed by atoms with Crippen molar-refractivity contribution in [3.63, 3.8) is 0 Å². The maximum Gasteiger partial charge on any atom is 0.194 e. The van der Waals surface area contributed by atoms with Crippen LogP contribution in [0.15, 0.2) is 49.1 Å². The van der Waals surface area contributed by atoms with Crippen LogP contribution < -0.4 is 0 Å². The van der Waals surface area contributed by atoms with Gasteiger partial charge >= 0.3 is 0 Å². The van der Waals surface area contributed by atoms with Gasteiger partial charge in [-0.1, -0.05) is 49.1 Å². The van der Waals surface area contributed by atoms with Crippen molar-refractivity contribution in [2.24, 2.45) is 0 Å². The Labute approximate surface area is 78.9 Å². The summed E-state index contributed by atoms with van der Waals surface area (Å²) in [6.07, 6.45) is 9.35. The van der Waals surface area contributed by atoms with E-state index in [1.807, 2.05) is 31.2 Å². The molecule has 0 aliphatic heterocycles. The third-order valence-electron chi connectivity index (χ3n) is 0.928. The van der Waals surface area contributed by atoms with Gasteiger partial charge in [0.2, 0.25) is 0 Å². The molecule has 0 unspecified atom stereocenters. The van der Waals surface area contributed by atoms with Crippen LogP contribution in [0, 0.1) is 10.1 Å². The van der Waals surface area contributed by atoms with Crippen LogP contribution in [0.4, 0.5) is 0 Å². The van der Waals surface area contributed by atoms with Crippen LogP contribution in [0.3, 0.4) is 0 Å². The molecule has 0 radical (unpaired) electrons. The van der Waals surface area contributed by atoms with Gasteiger partial charge in [-0.05, 0) is 6.92 Å². The molecule has 0 spiro atoms. The summed E-state index contributed by atoms with van der Waals surface area (Å²) < 4.78 is 0. The van der Waals surface area contributed by atoms with Crippen LogP contribution >= 0.6 is 0 Å². The van der Waals surface area contributed by atoms with E-state index in [-0.39, 0.29) is 0 Å². The van der Waals surface area contributed by atoms with Crippen LogP contribution in [0.5, 0.6) is 0 Å². The van der Waals surface area contributed by atoms with Gasteiger partial charge in [-0.25, -0.2) is 0 Å². The number of hydrogen-bond donors (Lipinski definition) is 0. The lowest BCUT2D eigenvalue weighted by Crippen LogP contribution is -1.79. The van der Waals surface area contributed by atoms with Crippen LogP contribution in [0.25, 0.3) is 0 Å². The molecule has 0 aromatic heterocycles. The zero-order valence-electron chi connectivity index (χ0n) is 8.06. The first-order valence-corrected chi connectivity index (χ1v) is 3.71. The van der Waals surface area contributed by atoms with Crippen LogP contribution in [0.1, 0.15) is 6.92 Å². The fourth-order valence-corrected chi connectivity index (χ4v) is 0.354. The largest absolute Gasteiger partial charge is 0.265 e. The van der Waals surface area contributed by atoms with Crippen LogP contribution in [-0.2, 0) is 0 Å². The molecule has 0 saturated carbocycles. The molecule has 3 heteroatoms. The van der Waals surface area contributed by atoms with Crippen molar-refractivity contribution in [3.05, 3.63) is 59.2 Å². The number of nitrogens with zero attached hydrogens (tertiary/aromatic N) is 1. The number of rotatable bonds is 3. The van der Waals surface area contributed by atoms with Crippen molar-refractivity contribution in [1.82, 2.24) is 0 Å². The highest BCUT2D eigenvalue weighted by Gasteiger charge is 1.70. The molecule has 0 amide bonds. The van der Waals surface area contributed by atoms with Crippen molar-refractivity contribution >= 4 is 0 Å². The summed E-state index contributed by atoms with van der Waals surface area (Å²) >= 11 is 0. The van der Waals surface area contributed by atoms with E-state index in [0.717, 1.165) is 12.6 Å². The molecular formula is C10H15NO2. The molecule has 0 bridgehead atoms. The molecule has 3 nitrogen and oxygen atoms in total. The Morgan fingerprint density at radius 2 is 1.85 bits per heavy atom. The van der Waals surface area contributed by atoms with Gasteiger partial charge in [-0.15, -0.1) is 0 Å². The lowest BCUT2D eigenvalue weighted by atomic mass is 10.3. The van der Waals surface area contributed by atoms with Gasteiger partial charge in [-0.3, -0.25) is 10.1 Å². The molecule has 0 aliphatic rings. The van der Waals surface area contributed by atoms with Gasteiger partial charge in [0, 0.05) is 4.92 Å². The molecule has 0 saturated heterocycles. The van der Waals surface area contributed by atoms with E-state index in [9.17, 15) is 0 Å². The van der Waals surface area contributed by atoms with E-state index in [1.54, 1.807) is 6.08 Å². The minimum Gasteiger partial charge on any atom is -0.265 e. The average Bonchev–Trinajstić information content (AvgIpc) is 2.03. The minimum atomic E-state index is -0.500. The Morgan fingerprint density at radius 3 is 2.15 bits per heavy atom. The predicted octanol–water partition coefficient (Wildman–Crippen LogP) is 2.75. The van der Waals surface area contributed by atoms with E-state index in [0.29, 0.717) is 0 Å². The van der Waals surface area contributed by atoms with Crippen molar-refractivity contribution in [2.75, 3.05) is 7.05 Å². The third kappa shape index (κ3) is 25.2. The minimum absolute atomic E-state index is 0.500. The van der Waals surface area contributed by atoms with Crippen molar-refractivity contribution in [2.45, 2.75) is 6.92 Å². The van der Waals surface area contributed by atoms with Crippen molar-refractivity contribution in [3.8, 4) is 0 Å². The second-order valence-corrected chi connectivity index (χ2v) is 2.18. The van der Waals surface area contributed by atoms with Gasteiger partial charge in [0.1, 0.15) is 0 Å². The second kappa shape index (κ2) is 10.4. The number of nitro groups is 1. The molecular weight excluding hydrogens is 166 g/mol. The van der Waals surface area contributed by atoms with Crippen molar-refractivity contribution in [1.29, 1.82) is 0 Å². The normalized spacial score (nSPS) is 10.2. The van der Waals surface area contributed by atoms with E-state index in [4.69, 9.17) is 10.1 Å². The fraction of sp³-hybridized carbons (Fsp3) is 0.200. The van der Waals surface area contributed by atoms with E-state index in [1.165, 1.54) is 0 Å². The van der Waals surface area contributed by atoms with E-state index >= 15 is 0 Å². The summed E-state index contributed by atoms with van der Waals surface area (Å²) in [5.74, 6) is 0. The monoisotopic (exact) mass is 181 g/mol. The smallest absolute Gasteiger partial charge is 0.194 e. The van der Waals surface area contributed by atoms with Crippen LogP contribution in [-0.4, -0.2) is 12.0 Å². The second-order valence-electron chi connectivity index (χ2n) is 2.18. The molecule has 0 rings (SSSR count). The maximum absolute atomic E-state index is 8.81. The van der Waals surface area contributed by atoms with E-state index < -0.39 is 4.92 Å². The number of hydrogen-bond acceptors (Lipinski definition) is 2. The zero-order valence-corrected chi connectivity index (χ0v) is 8.06. The highest BCUT2D eigenvalue weighted by atomic mass is 16.6. The zero-order chi connectivity index (χ0) is 10.7. The summed E-state index contributed by atoms with van der Waals surface area (Å²) in [4.78, 5) is 8.31. The molecule has 0 atom stereocenters. The molecule has 0 fully saturated rings. The Hall–Kier alpha value is -1.64. The first kappa shape index (κ1) is 13.9. The lowest BCUT2D eigenvalue weighted by Gasteiger charge is -1.81. The Kier molecular flexibility index (Phi) is 11.1. The maximum atomic E-state index is 8.81. The SMILES string of the molecule is C=C/C=C\C=C(\C)C=C.C[N+](=O)[O-]. The Bertz CT molecular complexity index is 223. The van der Waals surface area contributed by atoms with Gasteiger partial charge in [-0.2, -0.15) is 0 Å². The van der Waals surface area contributed by atoms with E-state index in [2.05, 4.69) is 13.2 Å². The van der Waals surface area contributed by atoms with Crippen LogP contribution in [0.2, 0.25) is 0 Å². The summed E-state index contributed by atoms with van der Waals surface area (Å²) in [5.41, 5.74) is 1.16. The van der Waals surface area contributed by atoms with Gasteiger partial charge < -0.3 is 0 Å². The molecule has 0 aromatic carbocycles. The van der Waals surface area contributed by atoms with Gasteiger partial charge in [0.15, 0.2) is 7.05 Å². The molecule has 72 valence electrons. The molecule has 0 aliphatic carbocycles. The Morgan fingerprint density at radius 1 is 1.38 bits per heavy atom. The van der Waals surface area contributed by atoms with Crippen molar-refractivity contribution < 1.29 is 4.92 Å². The third-order valence-corrected chi connectivity index (χ3v) is 0.928. The average molecular weight is 181 g/mol. The molecule has 0 N–H and O–H groups in total.